The molecular weight excluding hydrogens is 320 g/mol. The molecule has 2 aromatic rings. The predicted molar refractivity (Wildman–Crippen MR) is 91.1 cm³/mol. The van der Waals surface area contributed by atoms with E-state index in [1.807, 2.05) is 31.2 Å². The lowest BCUT2D eigenvalue weighted by molar-refractivity contribution is 0.310. The number of hydrogen-bond acceptors (Lipinski definition) is 4. The molecule has 4 nitrogen and oxygen atoms in total. The second kappa shape index (κ2) is 8.86. The number of aromatic amines is 1. The normalized spacial score (nSPS) is 10.6. The van der Waals surface area contributed by atoms with E-state index in [9.17, 15) is 4.79 Å². The van der Waals surface area contributed by atoms with Crippen molar-refractivity contribution in [2.45, 2.75) is 31.3 Å². The molecule has 0 radical (unpaired) electrons. The molecule has 0 saturated carbocycles. The Morgan fingerprint density at radius 3 is 2.77 bits per heavy atom. The Labute approximate surface area is 139 Å². The summed E-state index contributed by atoms with van der Waals surface area (Å²) in [5, 5.41) is 1.41. The number of ether oxygens (including phenoxy) is 1. The van der Waals surface area contributed by atoms with Crippen LogP contribution in [-0.2, 0) is 6.42 Å². The minimum absolute atomic E-state index is 0.0829. The number of unbranched alkanes of at least 4 members (excludes halogenated alkanes) is 1. The van der Waals surface area contributed by atoms with E-state index in [2.05, 4.69) is 9.97 Å². The third kappa shape index (κ3) is 5.73. The standard InChI is InChI=1S/C16H19ClN2O2S/c1-2-13-11-15(20)19-16(18-13)22-10-4-3-9-21-14-7-5-12(17)6-8-14/h5-8,11H,2-4,9-10H2,1H3,(H,18,19,20). The highest BCUT2D eigenvalue weighted by Crippen LogP contribution is 2.17. The van der Waals surface area contributed by atoms with E-state index in [0.29, 0.717) is 16.8 Å². The van der Waals surface area contributed by atoms with Gasteiger partial charge < -0.3 is 9.72 Å². The number of nitrogens with one attached hydrogen (secondary N) is 1. The molecule has 1 heterocycles. The SMILES string of the molecule is CCc1cc(=O)[nH]c(SCCCCOc2ccc(Cl)cc2)n1. The molecule has 0 unspecified atom stereocenters. The van der Waals surface area contributed by atoms with Crippen molar-refractivity contribution in [2.75, 3.05) is 12.4 Å². The summed E-state index contributed by atoms with van der Waals surface area (Å²) in [6, 6.07) is 8.90. The van der Waals surface area contributed by atoms with E-state index in [-0.39, 0.29) is 5.56 Å². The van der Waals surface area contributed by atoms with Gasteiger partial charge >= 0.3 is 0 Å². The Balaban J connectivity index is 1.66. The Bertz CT molecular complexity index is 643. The first-order chi connectivity index (χ1) is 10.7. The van der Waals surface area contributed by atoms with Crippen LogP contribution < -0.4 is 10.3 Å². The van der Waals surface area contributed by atoms with Crippen LogP contribution in [0.25, 0.3) is 0 Å². The first kappa shape index (κ1) is 16.9. The quantitative estimate of drug-likeness (QED) is 0.450. The number of thioether (sulfide) groups is 1. The summed E-state index contributed by atoms with van der Waals surface area (Å²) in [4.78, 5) is 18.6. The molecule has 1 N–H and O–H groups in total. The van der Waals surface area contributed by atoms with Gasteiger partial charge in [-0.25, -0.2) is 4.98 Å². The van der Waals surface area contributed by atoms with E-state index < -0.39 is 0 Å². The molecule has 22 heavy (non-hydrogen) atoms. The fraction of sp³-hybridized carbons (Fsp3) is 0.375. The molecule has 118 valence electrons. The van der Waals surface area contributed by atoms with Gasteiger partial charge in [0.1, 0.15) is 5.75 Å². The maximum absolute atomic E-state index is 11.4. The Kier molecular flexibility index (Phi) is 6.80. The van der Waals surface area contributed by atoms with E-state index in [4.69, 9.17) is 16.3 Å². The van der Waals surface area contributed by atoms with Crippen molar-refractivity contribution in [3.05, 3.63) is 51.4 Å². The fourth-order valence-electron chi connectivity index (χ4n) is 1.83. The van der Waals surface area contributed by atoms with Crippen molar-refractivity contribution < 1.29 is 4.74 Å². The second-order valence-corrected chi connectivity index (χ2v) is 6.27. The van der Waals surface area contributed by atoms with Crippen LogP contribution in [0.15, 0.2) is 40.3 Å². The van der Waals surface area contributed by atoms with Crippen molar-refractivity contribution >= 4 is 23.4 Å². The zero-order valence-corrected chi connectivity index (χ0v) is 14.0. The zero-order valence-electron chi connectivity index (χ0n) is 12.5. The molecule has 0 spiro atoms. The number of benzene rings is 1. The summed E-state index contributed by atoms with van der Waals surface area (Å²) in [5.41, 5.74) is 0.748. The van der Waals surface area contributed by atoms with Gasteiger partial charge in [0.15, 0.2) is 5.16 Å². The van der Waals surface area contributed by atoms with Crippen LogP contribution in [0.3, 0.4) is 0 Å². The topological polar surface area (TPSA) is 55.0 Å². The lowest BCUT2D eigenvalue weighted by atomic mass is 10.3. The Hall–Kier alpha value is -1.46. The molecule has 1 aromatic carbocycles. The summed E-state index contributed by atoms with van der Waals surface area (Å²) in [5.74, 6) is 1.73. The maximum Gasteiger partial charge on any atom is 0.251 e. The number of hydrogen-bond donors (Lipinski definition) is 1. The fourth-order valence-corrected chi connectivity index (χ4v) is 2.85. The molecule has 6 heteroatoms. The molecule has 0 atom stereocenters. The van der Waals surface area contributed by atoms with Gasteiger partial charge in [-0.2, -0.15) is 0 Å². The number of rotatable bonds is 8. The third-order valence-electron chi connectivity index (χ3n) is 3.00. The van der Waals surface area contributed by atoms with Crippen molar-refractivity contribution in [2.24, 2.45) is 0 Å². The maximum atomic E-state index is 11.4. The van der Waals surface area contributed by atoms with Crippen LogP contribution in [0.5, 0.6) is 5.75 Å². The minimum atomic E-state index is -0.0829. The monoisotopic (exact) mass is 338 g/mol. The van der Waals surface area contributed by atoms with Gasteiger partial charge in [0.05, 0.1) is 6.61 Å². The van der Waals surface area contributed by atoms with Crippen LogP contribution in [0, 0.1) is 0 Å². The minimum Gasteiger partial charge on any atom is -0.494 e. The highest BCUT2D eigenvalue weighted by Gasteiger charge is 2.01. The number of aromatic nitrogens is 2. The molecule has 0 aliphatic heterocycles. The van der Waals surface area contributed by atoms with Crippen molar-refractivity contribution in [3.63, 3.8) is 0 Å². The van der Waals surface area contributed by atoms with Crippen LogP contribution in [0.1, 0.15) is 25.5 Å². The summed E-state index contributed by atoms with van der Waals surface area (Å²) >= 11 is 7.39. The van der Waals surface area contributed by atoms with Gasteiger partial charge in [-0.1, -0.05) is 30.3 Å². The molecule has 1 aromatic heterocycles. The molecule has 0 aliphatic rings. The van der Waals surface area contributed by atoms with Crippen LogP contribution in [0.2, 0.25) is 5.02 Å². The summed E-state index contributed by atoms with van der Waals surface area (Å²) in [6.45, 7) is 2.66. The number of halogens is 1. The second-order valence-electron chi connectivity index (χ2n) is 4.75. The summed E-state index contributed by atoms with van der Waals surface area (Å²) in [7, 11) is 0. The van der Waals surface area contributed by atoms with Crippen molar-refractivity contribution in [1.29, 1.82) is 0 Å². The molecule has 0 aliphatic carbocycles. The predicted octanol–water partition coefficient (Wildman–Crippen LogP) is 3.94. The molecule has 0 bridgehead atoms. The molecule has 0 amide bonds. The third-order valence-corrected chi connectivity index (χ3v) is 4.21. The summed E-state index contributed by atoms with van der Waals surface area (Å²) < 4.78 is 5.63. The number of nitrogens with zero attached hydrogens (tertiary/aromatic N) is 1. The van der Waals surface area contributed by atoms with Gasteiger partial charge in [0.2, 0.25) is 0 Å². The van der Waals surface area contributed by atoms with Gasteiger partial charge in [-0.3, -0.25) is 4.79 Å². The zero-order chi connectivity index (χ0) is 15.8. The van der Waals surface area contributed by atoms with Crippen molar-refractivity contribution in [1.82, 2.24) is 9.97 Å². The summed E-state index contributed by atoms with van der Waals surface area (Å²) in [6.07, 6.45) is 2.72. The average Bonchev–Trinajstić information content (AvgIpc) is 2.52. The van der Waals surface area contributed by atoms with Crippen LogP contribution in [-0.4, -0.2) is 22.3 Å². The van der Waals surface area contributed by atoms with Crippen molar-refractivity contribution in [3.8, 4) is 5.75 Å². The number of H-pyrrole nitrogens is 1. The lowest BCUT2D eigenvalue weighted by Gasteiger charge is -2.06. The van der Waals surface area contributed by atoms with Crippen LogP contribution >= 0.6 is 23.4 Å². The highest BCUT2D eigenvalue weighted by molar-refractivity contribution is 7.99. The largest absolute Gasteiger partial charge is 0.494 e. The lowest BCUT2D eigenvalue weighted by Crippen LogP contribution is -2.09. The average molecular weight is 339 g/mol. The number of aryl methyl sites for hydroxylation is 1. The first-order valence-electron chi connectivity index (χ1n) is 7.29. The Morgan fingerprint density at radius 2 is 2.05 bits per heavy atom. The highest BCUT2D eigenvalue weighted by atomic mass is 35.5. The first-order valence-corrected chi connectivity index (χ1v) is 8.65. The van der Waals surface area contributed by atoms with Crippen LogP contribution in [0.4, 0.5) is 0 Å². The van der Waals surface area contributed by atoms with Gasteiger partial charge in [-0.05, 0) is 43.5 Å². The van der Waals surface area contributed by atoms with E-state index in [1.165, 1.54) is 0 Å². The van der Waals surface area contributed by atoms with Gasteiger partial charge in [0, 0.05) is 22.5 Å². The van der Waals surface area contributed by atoms with Gasteiger partial charge in [0.25, 0.3) is 5.56 Å². The molecule has 0 saturated heterocycles. The molecular formula is C16H19ClN2O2S. The Morgan fingerprint density at radius 1 is 1.27 bits per heavy atom. The van der Waals surface area contributed by atoms with E-state index in [0.717, 1.165) is 36.5 Å². The molecule has 2 rings (SSSR count). The van der Waals surface area contributed by atoms with E-state index in [1.54, 1.807) is 17.8 Å². The smallest absolute Gasteiger partial charge is 0.251 e. The molecule has 0 fully saturated rings. The van der Waals surface area contributed by atoms with Gasteiger partial charge in [-0.15, -0.1) is 0 Å². The van der Waals surface area contributed by atoms with E-state index >= 15 is 0 Å².